The fourth-order valence-electron chi connectivity index (χ4n) is 3.24. The van der Waals surface area contributed by atoms with Crippen LogP contribution in [0.25, 0.3) is 0 Å². The number of amides is 1. The molecule has 3 rings (SSSR count). The smallest absolute Gasteiger partial charge is 0.223 e. The molecule has 1 aromatic rings. The van der Waals surface area contributed by atoms with Crippen LogP contribution < -0.4 is 0 Å². The molecule has 2 saturated heterocycles. The van der Waals surface area contributed by atoms with Crippen LogP contribution in [-0.2, 0) is 16.1 Å². The van der Waals surface area contributed by atoms with Crippen LogP contribution in [0.2, 0.25) is 0 Å². The van der Waals surface area contributed by atoms with Crippen molar-refractivity contribution in [2.45, 2.75) is 37.5 Å². The van der Waals surface area contributed by atoms with E-state index in [2.05, 4.69) is 0 Å². The Labute approximate surface area is 113 Å². The number of benzene rings is 1. The van der Waals surface area contributed by atoms with Crippen molar-refractivity contribution >= 4 is 5.91 Å². The number of aliphatic hydroxyl groups is 1. The quantitative estimate of drug-likeness (QED) is 0.889. The van der Waals surface area contributed by atoms with Crippen LogP contribution in [0, 0.1) is 0 Å². The Bertz CT molecular complexity index is 462. The number of carbonyl (C=O) groups is 1. The Kier molecular flexibility index (Phi) is 3.29. The van der Waals surface area contributed by atoms with Gasteiger partial charge in [0.05, 0.1) is 24.9 Å². The molecule has 2 atom stereocenters. The minimum Gasteiger partial charge on any atom is -0.391 e. The highest BCUT2D eigenvalue weighted by Crippen LogP contribution is 2.40. The fourth-order valence-corrected chi connectivity index (χ4v) is 3.24. The SMILES string of the molecule is O=C1CCC2(COCc3ccccc3)C[C@@H](O)CN12. The first-order valence-corrected chi connectivity index (χ1v) is 6.80. The van der Waals surface area contributed by atoms with E-state index in [0.717, 1.165) is 12.0 Å². The third-order valence-corrected chi connectivity index (χ3v) is 4.17. The first-order chi connectivity index (χ1) is 9.20. The van der Waals surface area contributed by atoms with Gasteiger partial charge < -0.3 is 14.7 Å². The number of ether oxygens (including phenoxy) is 1. The van der Waals surface area contributed by atoms with Gasteiger partial charge in [-0.25, -0.2) is 0 Å². The number of carbonyl (C=O) groups excluding carboxylic acids is 1. The lowest BCUT2D eigenvalue weighted by atomic mass is 9.94. The average molecular weight is 261 g/mol. The van der Waals surface area contributed by atoms with Gasteiger partial charge in [-0.15, -0.1) is 0 Å². The molecule has 102 valence electrons. The Hall–Kier alpha value is -1.39. The molecule has 0 saturated carbocycles. The average Bonchev–Trinajstić information content (AvgIpc) is 2.88. The summed E-state index contributed by atoms with van der Waals surface area (Å²) in [6.45, 7) is 1.54. The molecule has 1 aromatic carbocycles. The van der Waals surface area contributed by atoms with Gasteiger partial charge in [0.15, 0.2) is 0 Å². The van der Waals surface area contributed by atoms with Crippen LogP contribution >= 0.6 is 0 Å². The van der Waals surface area contributed by atoms with Crippen molar-refractivity contribution in [2.75, 3.05) is 13.2 Å². The van der Waals surface area contributed by atoms with Crippen molar-refractivity contribution < 1.29 is 14.6 Å². The zero-order valence-corrected chi connectivity index (χ0v) is 10.9. The Morgan fingerprint density at radius 2 is 2.16 bits per heavy atom. The zero-order valence-electron chi connectivity index (χ0n) is 10.9. The number of hydrogen-bond acceptors (Lipinski definition) is 3. The Morgan fingerprint density at radius 1 is 1.37 bits per heavy atom. The summed E-state index contributed by atoms with van der Waals surface area (Å²) in [4.78, 5) is 13.6. The predicted octanol–water partition coefficient (Wildman–Crippen LogP) is 1.33. The van der Waals surface area contributed by atoms with Gasteiger partial charge in [0.25, 0.3) is 0 Å². The largest absolute Gasteiger partial charge is 0.391 e. The number of aliphatic hydroxyl groups excluding tert-OH is 1. The molecule has 1 N–H and O–H groups in total. The van der Waals surface area contributed by atoms with Gasteiger partial charge in [-0.05, 0) is 12.0 Å². The molecule has 2 fully saturated rings. The number of nitrogens with zero attached hydrogens (tertiary/aromatic N) is 1. The molecule has 19 heavy (non-hydrogen) atoms. The molecule has 2 aliphatic heterocycles. The minimum atomic E-state index is -0.399. The third-order valence-electron chi connectivity index (χ3n) is 4.17. The van der Waals surface area contributed by atoms with E-state index < -0.39 is 6.10 Å². The summed E-state index contributed by atoms with van der Waals surface area (Å²) >= 11 is 0. The summed E-state index contributed by atoms with van der Waals surface area (Å²) in [5, 5.41) is 9.78. The molecule has 2 aliphatic rings. The number of hydrogen-bond donors (Lipinski definition) is 1. The second-order valence-electron chi connectivity index (χ2n) is 5.57. The van der Waals surface area contributed by atoms with Gasteiger partial charge in [-0.1, -0.05) is 30.3 Å². The lowest BCUT2D eigenvalue weighted by Gasteiger charge is -2.31. The maximum absolute atomic E-state index is 11.8. The van der Waals surface area contributed by atoms with Crippen LogP contribution in [-0.4, -0.2) is 40.7 Å². The van der Waals surface area contributed by atoms with Gasteiger partial charge in [-0.3, -0.25) is 4.79 Å². The molecule has 0 bridgehead atoms. The molecule has 1 amide bonds. The number of rotatable bonds is 4. The van der Waals surface area contributed by atoms with Crippen LogP contribution in [0.5, 0.6) is 0 Å². The highest BCUT2D eigenvalue weighted by atomic mass is 16.5. The lowest BCUT2D eigenvalue weighted by molar-refractivity contribution is -0.131. The third kappa shape index (κ3) is 2.38. The van der Waals surface area contributed by atoms with E-state index in [-0.39, 0.29) is 11.4 Å². The molecule has 1 unspecified atom stereocenters. The lowest BCUT2D eigenvalue weighted by Crippen LogP contribution is -2.44. The van der Waals surface area contributed by atoms with Gasteiger partial charge in [0.2, 0.25) is 5.91 Å². The monoisotopic (exact) mass is 261 g/mol. The van der Waals surface area contributed by atoms with Crippen LogP contribution in [0.3, 0.4) is 0 Å². The summed E-state index contributed by atoms with van der Waals surface area (Å²) in [6, 6.07) is 10.0. The van der Waals surface area contributed by atoms with Crippen molar-refractivity contribution in [2.24, 2.45) is 0 Å². The summed E-state index contributed by atoms with van der Waals surface area (Å²) in [5.74, 6) is 0.153. The predicted molar refractivity (Wildman–Crippen MR) is 70.4 cm³/mol. The van der Waals surface area contributed by atoms with Crippen LogP contribution in [0.1, 0.15) is 24.8 Å². The summed E-state index contributed by atoms with van der Waals surface area (Å²) < 4.78 is 5.80. The van der Waals surface area contributed by atoms with Gasteiger partial charge in [0, 0.05) is 19.4 Å². The van der Waals surface area contributed by atoms with Gasteiger partial charge in [-0.2, -0.15) is 0 Å². The molecular formula is C15H19NO3. The molecule has 0 aliphatic carbocycles. The second kappa shape index (κ2) is 4.94. The summed E-state index contributed by atoms with van der Waals surface area (Å²) in [7, 11) is 0. The standard InChI is InChI=1S/C15H19NO3/c17-13-8-15(7-6-14(18)16(15)9-13)11-19-10-12-4-2-1-3-5-12/h1-5,13,17H,6-11H2/t13-,15?/m1/s1. The van der Waals surface area contributed by atoms with Crippen LogP contribution in [0.4, 0.5) is 0 Å². The summed E-state index contributed by atoms with van der Waals surface area (Å²) in [6.07, 6.45) is 1.64. The summed E-state index contributed by atoms with van der Waals surface area (Å²) in [5.41, 5.74) is 0.874. The van der Waals surface area contributed by atoms with E-state index in [4.69, 9.17) is 4.74 Å². The molecular weight excluding hydrogens is 242 g/mol. The number of β-amino-alcohol motifs (C(OH)–C–C–N with tert-alkyl or cyclic N) is 1. The number of fused-ring (bicyclic) bond motifs is 1. The molecule has 2 heterocycles. The first kappa shape index (κ1) is 12.6. The van der Waals surface area contributed by atoms with E-state index >= 15 is 0 Å². The highest BCUT2D eigenvalue weighted by molar-refractivity contribution is 5.80. The Balaban J connectivity index is 1.61. The molecule has 4 nitrogen and oxygen atoms in total. The van der Waals surface area contributed by atoms with Crippen molar-refractivity contribution in [1.29, 1.82) is 0 Å². The molecule has 0 spiro atoms. The van der Waals surface area contributed by atoms with Gasteiger partial charge in [0.1, 0.15) is 0 Å². The van der Waals surface area contributed by atoms with Crippen molar-refractivity contribution in [3.8, 4) is 0 Å². The van der Waals surface area contributed by atoms with E-state index in [9.17, 15) is 9.90 Å². The second-order valence-corrected chi connectivity index (χ2v) is 5.57. The van der Waals surface area contributed by atoms with E-state index in [1.165, 1.54) is 0 Å². The van der Waals surface area contributed by atoms with E-state index in [1.54, 1.807) is 0 Å². The fraction of sp³-hybridized carbons (Fsp3) is 0.533. The zero-order chi connectivity index (χ0) is 13.3. The highest BCUT2D eigenvalue weighted by Gasteiger charge is 2.51. The topological polar surface area (TPSA) is 49.8 Å². The normalized spacial score (nSPS) is 29.8. The van der Waals surface area contributed by atoms with Gasteiger partial charge >= 0.3 is 0 Å². The van der Waals surface area contributed by atoms with Crippen molar-refractivity contribution in [3.05, 3.63) is 35.9 Å². The maximum Gasteiger partial charge on any atom is 0.223 e. The molecule has 0 radical (unpaired) electrons. The first-order valence-electron chi connectivity index (χ1n) is 6.80. The van der Waals surface area contributed by atoms with Crippen molar-refractivity contribution in [1.82, 2.24) is 4.90 Å². The maximum atomic E-state index is 11.8. The van der Waals surface area contributed by atoms with E-state index in [1.807, 2.05) is 35.2 Å². The molecule has 4 heteroatoms. The minimum absolute atomic E-state index is 0.153. The van der Waals surface area contributed by atoms with E-state index in [0.29, 0.717) is 32.6 Å². The molecule has 0 aromatic heterocycles. The van der Waals surface area contributed by atoms with Crippen LogP contribution in [0.15, 0.2) is 30.3 Å². The van der Waals surface area contributed by atoms with Crippen molar-refractivity contribution in [3.63, 3.8) is 0 Å². The Morgan fingerprint density at radius 3 is 2.95 bits per heavy atom.